The summed E-state index contributed by atoms with van der Waals surface area (Å²) in [5, 5.41) is 9.52. The molecule has 0 aliphatic carbocycles. The van der Waals surface area contributed by atoms with Crippen molar-refractivity contribution in [1.29, 1.82) is 0 Å². The number of carbonyl (C=O) groups is 2. The van der Waals surface area contributed by atoms with Crippen molar-refractivity contribution in [2.45, 2.75) is 46.0 Å². The number of amides is 2. The molecule has 0 fully saturated rings. The summed E-state index contributed by atoms with van der Waals surface area (Å²) in [6.07, 6.45) is 2.84. The van der Waals surface area contributed by atoms with Gasteiger partial charge in [0.1, 0.15) is 0 Å². The number of hydrazone groups is 2. The van der Waals surface area contributed by atoms with Crippen LogP contribution in [-0.4, -0.2) is 23.2 Å². The Bertz CT molecular complexity index is 862. The fourth-order valence-corrected chi connectivity index (χ4v) is 2.92. The number of hydrogen-bond donors (Lipinski definition) is 2. The van der Waals surface area contributed by atoms with Gasteiger partial charge in [0.2, 0.25) is 11.8 Å². The monoisotopic (exact) mass is 460 g/mol. The molecule has 0 aliphatic rings. The van der Waals surface area contributed by atoms with Gasteiger partial charge in [-0.3, -0.25) is 9.59 Å². The molecule has 0 bridgehead atoms. The van der Waals surface area contributed by atoms with Gasteiger partial charge in [-0.05, 0) is 62.1 Å². The van der Waals surface area contributed by atoms with Crippen LogP contribution in [0.15, 0.2) is 58.7 Å². The van der Waals surface area contributed by atoms with Gasteiger partial charge in [-0.25, -0.2) is 10.9 Å². The lowest BCUT2D eigenvalue weighted by Crippen LogP contribution is -2.19. The second kappa shape index (κ2) is 12.9. The van der Waals surface area contributed by atoms with Crippen LogP contribution in [0.3, 0.4) is 0 Å². The molecule has 0 atom stereocenters. The van der Waals surface area contributed by atoms with Crippen molar-refractivity contribution < 1.29 is 9.59 Å². The van der Waals surface area contributed by atoms with Gasteiger partial charge in [0.05, 0.1) is 11.4 Å². The maximum atomic E-state index is 11.9. The number of rotatable bonds is 10. The van der Waals surface area contributed by atoms with E-state index in [-0.39, 0.29) is 11.8 Å². The van der Waals surface area contributed by atoms with E-state index in [0.717, 1.165) is 17.5 Å². The Kier molecular flexibility index (Phi) is 10.2. The first-order valence-electron chi connectivity index (χ1n) is 10.0. The van der Waals surface area contributed by atoms with E-state index in [1.807, 2.05) is 38.1 Å². The zero-order valence-corrected chi connectivity index (χ0v) is 19.1. The molecule has 0 spiro atoms. The van der Waals surface area contributed by atoms with Crippen molar-refractivity contribution in [3.63, 3.8) is 0 Å². The minimum absolute atomic E-state index is 0.152. The second-order valence-electron chi connectivity index (χ2n) is 7.04. The van der Waals surface area contributed by atoms with Crippen molar-refractivity contribution in [1.82, 2.24) is 10.9 Å². The molecule has 0 heterocycles. The molecule has 0 aromatic heterocycles. The quantitative estimate of drug-likeness (QED) is 0.285. The zero-order valence-electron chi connectivity index (χ0n) is 17.6. The summed E-state index contributed by atoms with van der Waals surface area (Å²) >= 11 is 11.7. The predicted molar refractivity (Wildman–Crippen MR) is 127 cm³/mol. The average Bonchev–Trinajstić information content (AvgIpc) is 2.76. The minimum Gasteiger partial charge on any atom is -0.273 e. The van der Waals surface area contributed by atoms with Crippen LogP contribution < -0.4 is 10.9 Å². The van der Waals surface area contributed by atoms with E-state index in [0.29, 0.717) is 47.2 Å². The summed E-state index contributed by atoms with van der Waals surface area (Å²) < 4.78 is 0. The minimum atomic E-state index is -0.152. The molecule has 2 aromatic rings. The Labute approximate surface area is 192 Å². The molecule has 2 N–H and O–H groups in total. The number of nitrogens with zero attached hydrogens (tertiary/aromatic N) is 2. The van der Waals surface area contributed by atoms with Crippen molar-refractivity contribution in [3.8, 4) is 0 Å². The van der Waals surface area contributed by atoms with Crippen molar-refractivity contribution in [2.75, 3.05) is 0 Å². The molecule has 2 amide bonds. The van der Waals surface area contributed by atoms with E-state index in [2.05, 4.69) is 21.1 Å². The van der Waals surface area contributed by atoms with Crippen molar-refractivity contribution in [2.24, 2.45) is 10.2 Å². The smallest absolute Gasteiger partial charge is 0.240 e. The van der Waals surface area contributed by atoms with Gasteiger partial charge in [-0.2, -0.15) is 10.2 Å². The number of hydrogen-bond acceptors (Lipinski definition) is 4. The summed E-state index contributed by atoms with van der Waals surface area (Å²) in [7, 11) is 0. The highest BCUT2D eigenvalue weighted by Gasteiger charge is 2.04. The Morgan fingerprint density at radius 2 is 1.03 bits per heavy atom. The van der Waals surface area contributed by atoms with E-state index in [1.54, 1.807) is 24.3 Å². The molecule has 0 unspecified atom stereocenters. The maximum Gasteiger partial charge on any atom is 0.240 e. The average molecular weight is 461 g/mol. The topological polar surface area (TPSA) is 82.9 Å². The lowest BCUT2D eigenvalue weighted by molar-refractivity contribution is -0.121. The van der Waals surface area contributed by atoms with Crippen LogP contribution in [0.4, 0.5) is 0 Å². The highest BCUT2D eigenvalue weighted by atomic mass is 35.5. The summed E-state index contributed by atoms with van der Waals surface area (Å²) in [5.74, 6) is -0.304. The molecular weight excluding hydrogens is 435 g/mol. The molecule has 164 valence electrons. The van der Waals surface area contributed by atoms with Gasteiger partial charge in [0.25, 0.3) is 0 Å². The van der Waals surface area contributed by atoms with Crippen LogP contribution in [0.5, 0.6) is 0 Å². The first-order valence-corrected chi connectivity index (χ1v) is 10.8. The second-order valence-corrected chi connectivity index (χ2v) is 7.91. The van der Waals surface area contributed by atoms with Crippen LogP contribution in [0.1, 0.15) is 57.1 Å². The normalized spacial score (nSPS) is 11.9. The van der Waals surface area contributed by atoms with Crippen LogP contribution in [0.25, 0.3) is 0 Å². The summed E-state index contributed by atoms with van der Waals surface area (Å²) in [6, 6.07) is 14.5. The fourth-order valence-electron chi connectivity index (χ4n) is 2.66. The first kappa shape index (κ1) is 24.6. The Hall–Kier alpha value is -2.70. The van der Waals surface area contributed by atoms with Gasteiger partial charge >= 0.3 is 0 Å². The number of nitrogens with one attached hydrogen (secondary N) is 2. The molecular formula is C23H26Cl2N4O2. The highest BCUT2D eigenvalue weighted by Crippen LogP contribution is 2.11. The molecule has 2 rings (SSSR count). The van der Waals surface area contributed by atoms with Crippen LogP contribution in [0.2, 0.25) is 10.0 Å². The number of benzene rings is 2. The Morgan fingerprint density at radius 3 is 1.39 bits per heavy atom. The van der Waals surface area contributed by atoms with E-state index in [9.17, 15) is 9.59 Å². The van der Waals surface area contributed by atoms with Crippen molar-refractivity contribution in [3.05, 3.63) is 69.7 Å². The van der Waals surface area contributed by atoms with E-state index in [1.165, 1.54) is 0 Å². The summed E-state index contributed by atoms with van der Waals surface area (Å²) in [5.41, 5.74) is 8.31. The Balaban J connectivity index is 1.61. The standard InChI is InChI=1S/C23H26Cl2N4O2/c1-16(18-8-12-20(24)13-9-18)26-28-22(30)6-4-3-5-7-23(31)29-27-17(2)19-10-14-21(25)15-11-19/h8-15H,3-7H2,1-2H3,(H,28,30)(H,29,31)/b26-16+,27-17+. The first-order chi connectivity index (χ1) is 14.8. The summed E-state index contributed by atoms with van der Waals surface area (Å²) in [4.78, 5) is 23.8. The van der Waals surface area contributed by atoms with Gasteiger partial charge in [0.15, 0.2) is 0 Å². The molecule has 31 heavy (non-hydrogen) atoms. The SMILES string of the molecule is C/C(=N\NC(=O)CCCCCC(=O)N/N=C(\C)c1ccc(Cl)cc1)c1ccc(Cl)cc1. The third-order valence-corrected chi connectivity index (χ3v) is 5.03. The molecule has 2 aromatic carbocycles. The van der Waals surface area contributed by atoms with Gasteiger partial charge < -0.3 is 0 Å². The van der Waals surface area contributed by atoms with Crippen LogP contribution in [0, 0.1) is 0 Å². The number of carbonyl (C=O) groups excluding carboxylic acids is 2. The van der Waals surface area contributed by atoms with Crippen LogP contribution in [-0.2, 0) is 9.59 Å². The lowest BCUT2D eigenvalue weighted by atomic mass is 10.1. The maximum absolute atomic E-state index is 11.9. The van der Waals surface area contributed by atoms with E-state index >= 15 is 0 Å². The van der Waals surface area contributed by atoms with Crippen LogP contribution >= 0.6 is 23.2 Å². The zero-order chi connectivity index (χ0) is 22.6. The third-order valence-electron chi connectivity index (χ3n) is 4.53. The Morgan fingerprint density at radius 1 is 0.677 bits per heavy atom. The largest absolute Gasteiger partial charge is 0.273 e. The van der Waals surface area contributed by atoms with Crippen molar-refractivity contribution >= 4 is 46.4 Å². The molecule has 0 radical (unpaired) electrons. The lowest BCUT2D eigenvalue weighted by Gasteiger charge is -2.04. The summed E-state index contributed by atoms with van der Waals surface area (Å²) in [6.45, 7) is 3.64. The van der Waals surface area contributed by atoms with Gasteiger partial charge in [-0.1, -0.05) is 53.9 Å². The molecule has 0 aliphatic heterocycles. The fraction of sp³-hybridized carbons (Fsp3) is 0.304. The molecule has 0 saturated heterocycles. The molecule has 6 nitrogen and oxygen atoms in total. The van der Waals surface area contributed by atoms with Gasteiger partial charge in [-0.15, -0.1) is 0 Å². The number of unbranched alkanes of at least 4 members (excludes halogenated alkanes) is 2. The van der Waals surface area contributed by atoms with E-state index in [4.69, 9.17) is 23.2 Å². The third kappa shape index (κ3) is 9.32. The molecule has 8 heteroatoms. The number of halogens is 2. The van der Waals surface area contributed by atoms with E-state index < -0.39 is 0 Å². The van der Waals surface area contributed by atoms with Gasteiger partial charge in [0, 0.05) is 22.9 Å². The molecule has 0 saturated carbocycles. The predicted octanol–water partition coefficient (Wildman–Crippen LogP) is 5.32. The highest BCUT2D eigenvalue weighted by molar-refractivity contribution is 6.31.